The van der Waals surface area contributed by atoms with E-state index in [0.717, 1.165) is 0 Å². The molecule has 0 aliphatic carbocycles. The van der Waals surface area contributed by atoms with Crippen molar-refractivity contribution in [3.63, 3.8) is 0 Å². The molecule has 5 heteroatoms. The van der Waals surface area contributed by atoms with Crippen LogP contribution in [0.5, 0.6) is 0 Å². The Morgan fingerprint density at radius 1 is 0.824 bits per heavy atom. The van der Waals surface area contributed by atoms with Crippen LogP contribution >= 0.6 is 0 Å². The van der Waals surface area contributed by atoms with Crippen LogP contribution in [-0.4, -0.2) is 36.4 Å². The lowest BCUT2D eigenvalue weighted by Gasteiger charge is -2.30. The number of fused-ring (bicyclic) bond motifs is 12. The van der Waals surface area contributed by atoms with Crippen LogP contribution < -0.4 is 0 Å². The highest BCUT2D eigenvalue weighted by Crippen LogP contribution is 2.60. The normalized spacial score (nSPS) is 60.9. The molecule has 88 valence electrons. The van der Waals surface area contributed by atoms with Gasteiger partial charge in [0.05, 0.1) is 36.3 Å². The average molecular weight is 234 g/mol. The molecule has 0 radical (unpaired) electrons. The molecule has 5 aliphatic rings. The van der Waals surface area contributed by atoms with Crippen molar-refractivity contribution in [3.05, 3.63) is 12.2 Å². The van der Waals surface area contributed by atoms with Gasteiger partial charge in [-0.2, -0.15) is 0 Å². The fourth-order valence-corrected chi connectivity index (χ4v) is 4.40. The predicted molar refractivity (Wildman–Crippen MR) is 51.5 cm³/mol. The maximum atomic E-state index is 11.7. The second-order valence-corrected chi connectivity index (χ2v) is 5.46. The Balaban J connectivity index is 1.64. The first-order valence-corrected chi connectivity index (χ1v) is 6.00. The van der Waals surface area contributed by atoms with E-state index in [1.807, 2.05) is 12.2 Å². The number of cyclic esters (lactones) is 2. The SMILES string of the molecule is O=C1OC(=O)C2C3OC(C12)C1C2C=CC(O2)C31. The summed E-state index contributed by atoms with van der Waals surface area (Å²) < 4.78 is 16.4. The van der Waals surface area contributed by atoms with E-state index in [-0.39, 0.29) is 48.1 Å². The van der Waals surface area contributed by atoms with E-state index in [2.05, 4.69) is 0 Å². The summed E-state index contributed by atoms with van der Waals surface area (Å²) >= 11 is 0. The van der Waals surface area contributed by atoms with E-state index in [0.29, 0.717) is 0 Å². The lowest BCUT2D eigenvalue weighted by Crippen LogP contribution is -2.44. The Labute approximate surface area is 96.7 Å². The van der Waals surface area contributed by atoms with Crippen LogP contribution in [0, 0.1) is 23.7 Å². The second-order valence-electron chi connectivity index (χ2n) is 5.46. The van der Waals surface area contributed by atoms with Gasteiger partial charge in [-0.15, -0.1) is 0 Å². The van der Waals surface area contributed by atoms with E-state index in [9.17, 15) is 9.59 Å². The van der Waals surface area contributed by atoms with Crippen molar-refractivity contribution in [1.29, 1.82) is 0 Å². The first-order valence-electron chi connectivity index (χ1n) is 6.00. The smallest absolute Gasteiger partial charge is 0.320 e. The molecular weight excluding hydrogens is 224 g/mol. The van der Waals surface area contributed by atoms with Gasteiger partial charge in [0, 0.05) is 11.8 Å². The minimum absolute atomic E-state index is 0.0597. The zero-order valence-corrected chi connectivity index (χ0v) is 8.81. The van der Waals surface area contributed by atoms with Crippen LogP contribution in [0.15, 0.2) is 12.2 Å². The number of ether oxygens (including phenoxy) is 3. The largest absolute Gasteiger partial charge is 0.393 e. The molecule has 0 aromatic rings. The highest BCUT2D eigenvalue weighted by Gasteiger charge is 2.73. The first kappa shape index (κ1) is 8.83. The molecular formula is C12H10O5. The van der Waals surface area contributed by atoms with Crippen LogP contribution in [-0.2, 0) is 23.8 Å². The van der Waals surface area contributed by atoms with Crippen molar-refractivity contribution < 1.29 is 23.8 Å². The summed E-state index contributed by atoms with van der Waals surface area (Å²) in [5, 5.41) is 0. The maximum Gasteiger partial charge on any atom is 0.320 e. The highest BCUT2D eigenvalue weighted by molar-refractivity contribution is 5.98. The van der Waals surface area contributed by atoms with Crippen molar-refractivity contribution >= 4 is 11.9 Å². The van der Waals surface area contributed by atoms with Crippen LogP contribution in [0.25, 0.3) is 0 Å². The standard InChI is InChI=1S/C12H10O5/c13-11-7-8(12(14)17-11)10-6-4-2-1-3(15-4)5(6)9(7)16-10/h1-10H. The van der Waals surface area contributed by atoms with Gasteiger partial charge >= 0.3 is 11.9 Å². The van der Waals surface area contributed by atoms with Crippen molar-refractivity contribution in [2.45, 2.75) is 24.4 Å². The summed E-state index contributed by atoms with van der Waals surface area (Å²) in [6.07, 6.45) is 3.84. The molecule has 5 nitrogen and oxygen atoms in total. The van der Waals surface area contributed by atoms with Crippen molar-refractivity contribution in [2.75, 3.05) is 0 Å². The van der Waals surface area contributed by atoms with Gasteiger partial charge < -0.3 is 14.2 Å². The Hall–Kier alpha value is -1.20. The van der Waals surface area contributed by atoms with E-state index in [4.69, 9.17) is 14.2 Å². The maximum absolute atomic E-state index is 11.7. The van der Waals surface area contributed by atoms with E-state index in [1.165, 1.54) is 0 Å². The lowest BCUT2D eigenvalue weighted by atomic mass is 9.65. The zero-order valence-electron chi connectivity index (χ0n) is 8.81. The summed E-state index contributed by atoms with van der Waals surface area (Å²) in [5.74, 6) is -1.12. The van der Waals surface area contributed by atoms with E-state index < -0.39 is 11.9 Å². The van der Waals surface area contributed by atoms with Crippen molar-refractivity contribution in [3.8, 4) is 0 Å². The van der Waals surface area contributed by atoms with E-state index >= 15 is 0 Å². The van der Waals surface area contributed by atoms with Crippen LogP contribution in [0.2, 0.25) is 0 Å². The molecule has 0 amide bonds. The minimum Gasteiger partial charge on any atom is -0.393 e. The summed E-state index contributed by atoms with van der Waals surface area (Å²) in [4.78, 5) is 23.3. The zero-order chi connectivity index (χ0) is 11.3. The monoisotopic (exact) mass is 234 g/mol. The van der Waals surface area contributed by atoms with Crippen LogP contribution in [0.3, 0.4) is 0 Å². The first-order chi connectivity index (χ1) is 8.25. The topological polar surface area (TPSA) is 61.8 Å². The molecule has 4 saturated heterocycles. The second kappa shape index (κ2) is 2.47. The van der Waals surface area contributed by atoms with Crippen LogP contribution in [0.1, 0.15) is 0 Å². The fraction of sp³-hybridized carbons (Fsp3) is 0.667. The summed E-state index contributed by atoms with van der Waals surface area (Å²) in [6.45, 7) is 0. The van der Waals surface area contributed by atoms with Gasteiger partial charge in [-0.25, -0.2) is 0 Å². The van der Waals surface area contributed by atoms with Gasteiger partial charge in [0.25, 0.3) is 0 Å². The fourth-order valence-electron chi connectivity index (χ4n) is 4.40. The Kier molecular flexibility index (Phi) is 1.28. The summed E-state index contributed by atoms with van der Waals surface area (Å²) in [7, 11) is 0. The number of carbonyl (C=O) groups is 2. The van der Waals surface area contributed by atoms with Crippen molar-refractivity contribution in [1.82, 2.24) is 0 Å². The van der Waals surface area contributed by atoms with Gasteiger partial charge in [0.2, 0.25) is 0 Å². The molecule has 5 rings (SSSR count). The molecule has 17 heavy (non-hydrogen) atoms. The summed E-state index contributed by atoms with van der Waals surface area (Å²) in [5.41, 5.74) is 0. The Morgan fingerprint density at radius 2 is 1.35 bits per heavy atom. The lowest BCUT2D eigenvalue weighted by molar-refractivity contribution is -0.157. The summed E-state index contributed by atoms with van der Waals surface area (Å²) in [6, 6.07) is 0. The molecule has 0 spiro atoms. The van der Waals surface area contributed by atoms with Gasteiger partial charge in [0.15, 0.2) is 0 Å². The molecule has 0 aromatic heterocycles. The van der Waals surface area contributed by atoms with Crippen LogP contribution in [0.4, 0.5) is 0 Å². The Morgan fingerprint density at radius 3 is 1.88 bits per heavy atom. The molecule has 0 N–H and O–H groups in total. The third kappa shape index (κ3) is 0.779. The van der Waals surface area contributed by atoms with Crippen molar-refractivity contribution in [2.24, 2.45) is 23.7 Å². The number of rotatable bonds is 0. The molecule has 4 fully saturated rings. The van der Waals surface area contributed by atoms with Gasteiger partial charge in [-0.05, 0) is 0 Å². The average Bonchev–Trinajstić information content (AvgIpc) is 3.03. The number of hydrogen-bond donors (Lipinski definition) is 0. The van der Waals surface area contributed by atoms with Gasteiger partial charge in [0.1, 0.15) is 0 Å². The number of hydrogen-bond acceptors (Lipinski definition) is 5. The number of esters is 2. The van der Waals surface area contributed by atoms with Gasteiger partial charge in [-0.1, -0.05) is 12.2 Å². The third-order valence-corrected chi connectivity index (χ3v) is 4.92. The molecule has 0 saturated carbocycles. The third-order valence-electron chi connectivity index (χ3n) is 4.92. The molecule has 5 aliphatic heterocycles. The Bertz CT molecular complexity index is 443. The highest BCUT2D eigenvalue weighted by atomic mass is 16.6. The van der Waals surface area contributed by atoms with E-state index in [1.54, 1.807) is 0 Å². The molecule has 4 bridgehead atoms. The number of carbonyl (C=O) groups excluding carboxylic acids is 2. The molecule has 5 heterocycles. The minimum atomic E-state index is -0.405. The quantitative estimate of drug-likeness (QED) is 0.326. The predicted octanol–water partition coefficient (Wildman–Crippen LogP) is -0.347. The molecule has 8 unspecified atom stereocenters. The van der Waals surface area contributed by atoms with Gasteiger partial charge in [-0.3, -0.25) is 9.59 Å². The molecule has 8 atom stereocenters. The molecule has 0 aromatic carbocycles.